The molecular weight excluding hydrogens is 272 g/mol. The summed E-state index contributed by atoms with van der Waals surface area (Å²) < 4.78 is 0. The highest BCUT2D eigenvalue weighted by molar-refractivity contribution is 9.09. The molecule has 0 spiro atoms. The van der Waals surface area contributed by atoms with Crippen LogP contribution in [-0.2, 0) is 6.42 Å². The van der Waals surface area contributed by atoms with Crippen molar-refractivity contribution in [3.8, 4) is 0 Å². The topological polar surface area (TPSA) is 0 Å². The van der Waals surface area contributed by atoms with Crippen LogP contribution in [0.4, 0.5) is 0 Å². The quantitative estimate of drug-likeness (QED) is 0.684. The van der Waals surface area contributed by atoms with Crippen LogP contribution in [0.3, 0.4) is 0 Å². The van der Waals surface area contributed by atoms with Gasteiger partial charge in [0.15, 0.2) is 0 Å². The largest absolute Gasteiger partial charge is 0.0922 e. The zero-order valence-corrected chi connectivity index (χ0v) is 12.0. The summed E-state index contributed by atoms with van der Waals surface area (Å²) in [6.07, 6.45) is 2.28. The van der Waals surface area contributed by atoms with Gasteiger partial charge in [0.05, 0.1) is 0 Å². The lowest BCUT2D eigenvalue weighted by molar-refractivity contribution is 0.361. The molecule has 0 aliphatic heterocycles. The average molecular weight is 290 g/mol. The van der Waals surface area contributed by atoms with Crippen LogP contribution in [-0.4, -0.2) is 5.33 Å². The van der Waals surface area contributed by atoms with Gasteiger partial charge in [0.1, 0.15) is 0 Å². The minimum absolute atomic E-state index is 0.347. The zero-order valence-electron chi connectivity index (χ0n) is 9.61. The van der Waals surface area contributed by atoms with Crippen molar-refractivity contribution in [1.82, 2.24) is 0 Å². The van der Waals surface area contributed by atoms with Gasteiger partial charge in [-0.1, -0.05) is 53.5 Å². The van der Waals surface area contributed by atoms with E-state index in [2.05, 4.69) is 48.8 Å². The van der Waals surface area contributed by atoms with Crippen LogP contribution in [0, 0.1) is 12.3 Å². The molecule has 84 valence electrons. The summed E-state index contributed by atoms with van der Waals surface area (Å²) in [7, 11) is 0. The second-order valence-corrected chi connectivity index (χ2v) is 5.53. The number of alkyl halides is 1. The van der Waals surface area contributed by atoms with Crippen LogP contribution in [0.1, 0.15) is 31.4 Å². The standard InChI is InChI=1S/C13H18BrCl/c1-4-13(3,9-14)8-11-5-6-12(15)10(2)7-11/h5-7H,4,8-9H2,1-3H3. The second-order valence-electron chi connectivity index (χ2n) is 4.56. The lowest BCUT2D eigenvalue weighted by Crippen LogP contribution is -2.20. The Hall–Kier alpha value is -0.0100. The molecule has 1 aromatic rings. The molecule has 1 aromatic carbocycles. The van der Waals surface area contributed by atoms with Gasteiger partial charge < -0.3 is 0 Å². The van der Waals surface area contributed by atoms with E-state index in [1.807, 2.05) is 6.07 Å². The van der Waals surface area contributed by atoms with E-state index >= 15 is 0 Å². The fraction of sp³-hybridized carbons (Fsp3) is 0.538. The lowest BCUT2D eigenvalue weighted by atomic mass is 9.83. The minimum atomic E-state index is 0.347. The first-order chi connectivity index (χ1) is 7.00. The molecule has 0 heterocycles. The Morgan fingerprint density at radius 3 is 2.53 bits per heavy atom. The second kappa shape index (κ2) is 5.36. The highest BCUT2D eigenvalue weighted by Crippen LogP contribution is 2.29. The Morgan fingerprint density at radius 1 is 1.40 bits per heavy atom. The van der Waals surface area contributed by atoms with E-state index in [1.165, 1.54) is 17.5 Å². The Balaban J connectivity index is 2.85. The molecule has 1 atom stereocenters. The molecule has 0 bridgehead atoms. The van der Waals surface area contributed by atoms with E-state index in [4.69, 9.17) is 11.6 Å². The van der Waals surface area contributed by atoms with Crippen molar-refractivity contribution >= 4 is 27.5 Å². The summed E-state index contributed by atoms with van der Waals surface area (Å²) in [5, 5.41) is 1.90. The van der Waals surface area contributed by atoms with Gasteiger partial charge >= 0.3 is 0 Å². The van der Waals surface area contributed by atoms with Crippen molar-refractivity contribution in [3.05, 3.63) is 34.3 Å². The van der Waals surface area contributed by atoms with Crippen molar-refractivity contribution in [3.63, 3.8) is 0 Å². The third-order valence-electron chi connectivity index (χ3n) is 3.03. The van der Waals surface area contributed by atoms with Crippen molar-refractivity contribution in [2.45, 2.75) is 33.6 Å². The molecule has 0 nitrogen and oxygen atoms in total. The molecule has 15 heavy (non-hydrogen) atoms. The maximum absolute atomic E-state index is 6.01. The molecule has 0 amide bonds. The number of halogens is 2. The van der Waals surface area contributed by atoms with Crippen LogP contribution in [0.2, 0.25) is 5.02 Å². The number of hydrogen-bond acceptors (Lipinski definition) is 0. The summed E-state index contributed by atoms with van der Waals surface area (Å²) in [5.41, 5.74) is 2.89. The first-order valence-electron chi connectivity index (χ1n) is 5.32. The maximum atomic E-state index is 6.01. The molecule has 0 aromatic heterocycles. The predicted molar refractivity (Wildman–Crippen MR) is 72.1 cm³/mol. The molecule has 0 saturated heterocycles. The Morgan fingerprint density at radius 2 is 2.07 bits per heavy atom. The van der Waals surface area contributed by atoms with E-state index in [0.717, 1.165) is 16.8 Å². The summed E-state index contributed by atoms with van der Waals surface area (Å²) in [6, 6.07) is 6.32. The number of benzene rings is 1. The van der Waals surface area contributed by atoms with Gasteiger partial charge in [-0.3, -0.25) is 0 Å². The molecular formula is C13H18BrCl. The number of hydrogen-bond donors (Lipinski definition) is 0. The average Bonchev–Trinajstić information content (AvgIpc) is 2.23. The molecule has 0 saturated carbocycles. The van der Waals surface area contributed by atoms with Crippen LogP contribution < -0.4 is 0 Å². The Bertz CT molecular complexity index is 329. The van der Waals surface area contributed by atoms with Crippen LogP contribution in [0.25, 0.3) is 0 Å². The molecule has 0 aliphatic carbocycles. The van der Waals surface area contributed by atoms with Crippen molar-refractivity contribution in [1.29, 1.82) is 0 Å². The third kappa shape index (κ3) is 3.49. The monoisotopic (exact) mass is 288 g/mol. The Labute approximate surface area is 106 Å². The maximum Gasteiger partial charge on any atom is 0.0435 e. The van der Waals surface area contributed by atoms with Crippen LogP contribution in [0.15, 0.2) is 18.2 Å². The summed E-state index contributed by atoms with van der Waals surface area (Å²) in [4.78, 5) is 0. The van der Waals surface area contributed by atoms with Crippen molar-refractivity contribution in [2.24, 2.45) is 5.41 Å². The van der Waals surface area contributed by atoms with Gasteiger partial charge in [0.25, 0.3) is 0 Å². The minimum Gasteiger partial charge on any atom is -0.0922 e. The first kappa shape index (κ1) is 13.1. The molecule has 0 aliphatic rings. The summed E-state index contributed by atoms with van der Waals surface area (Å²) >= 11 is 9.61. The van der Waals surface area contributed by atoms with Gasteiger partial charge in [-0.25, -0.2) is 0 Å². The first-order valence-corrected chi connectivity index (χ1v) is 6.82. The molecule has 1 unspecified atom stereocenters. The fourth-order valence-electron chi connectivity index (χ4n) is 1.58. The van der Waals surface area contributed by atoms with Crippen LogP contribution >= 0.6 is 27.5 Å². The number of rotatable bonds is 4. The highest BCUT2D eigenvalue weighted by Gasteiger charge is 2.21. The smallest absolute Gasteiger partial charge is 0.0435 e. The molecule has 0 fully saturated rings. The van der Waals surface area contributed by atoms with Gasteiger partial charge in [-0.2, -0.15) is 0 Å². The van der Waals surface area contributed by atoms with E-state index in [1.54, 1.807) is 0 Å². The van der Waals surface area contributed by atoms with Gasteiger partial charge in [0, 0.05) is 10.4 Å². The van der Waals surface area contributed by atoms with E-state index in [-0.39, 0.29) is 0 Å². The van der Waals surface area contributed by atoms with Gasteiger partial charge in [-0.15, -0.1) is 0 Å². The number of aryl methyl sites for hydroxylation is 1. The van der Waals surface area contributed by atoms with Gasteiger partial charge in [-0.05, 0) is 42.4 Å². The SMILES string of the molecule is CCC(C)(CBr)Cc1ccc(Cl)c(C)c1. The van der Waals surface area contributed by atoms with E-state index in [0.29, 0.717) is 5.41 Å². The normalized spacial score (nSPS) is 15.0. The lowest BCUT2D eigenvalue weighted by Gasteiger charge is -2.25. The molecule has 2 heteroatoms. The molecule has 0 radical (unpaired) electrons. The Kier molecular flexibility index (Phi) is 4.66. The van der Waals surface area contributed by atoms with Crippen molar-refractivity contribution < 1.29 is 0 Å². The summed E-state index contributed by atoms with van der Waals surface area (Å²) in [6.45, 7) is 6.61. The van der Waals surface area contributed by atoms with Crippen molar-refractivity contribution in [2.75, 3.05) is 5.33 Å². The third-order valence-corrected chi connectivity index (χ3v) is 4.81. The fourth-order valence-corrected chi connectivity index (χ4v) is 2.29. The predicted octanol–water partition coefficient (Wildman–Crippen LogP) is 5.00. The van der Waals surface area contributed by atoms with E-state index in [9.17, 15) is 0 Å². The zero-order chi connectivity index (χ0) is 11.5. The van der Waals surface area contributed by atoms with Gasteiger partial charge in [0.2, 0.25) is 0 Å². The van der Waals surface area contributed by atoms with Crippen LogP contribution in [0.5, 0.6) is 0 Å². The molecule has 0 N–H and O–H groups in total. The molecule has 1 rings (SSSR count). The van der Waals surface area contributed by atoms with E-state index < -0.39 is 0 Å². The highest BCUT2D eigenvalue weighted by atomic mass is 79.9. The summed E-state index contributed by atoms with van der Waals surface area (Å²) in [5.74, 6) is 0.